The zero-order valence-corrected chi connectivity index (χ0v) is 19.5. The van der Waals surface area contributed by atoms with Crippen LogP contribution in [0.15, 0.2) is 54.6 Å². The van der Waals surface area contributed by atoms with Gasteiger partial charge in [0, 0.05) is 16.3 Å². The minimum Gasteiger partial charge on any atom is -0.332 e. The fourth-order valence-corrected chi connectivity index (χ4v) is 3.63. The molecule has 3 aromatic carbocycles. The van der Waals surface area contributed by atoms with Crippen LogP contribution in [0.4, 0.5) is 5.69 Å². The summed E-state index contributed by atoms with van der Waals surface area (Å²) in [4.78, 5) is 14.1. The molecule has 0 spiro atoms. The Hall–Kier alpha value is -3.29. The lowest BCUT2D eigenvalue weighted by molar-refractivity contribution is 0.0977. The highest BCUT2D eigenvalue weighted by Gasteiger charge is 2.12. The van der Waals surface area contributed by atoms with Gasteiger partial charge < -0.3 is 5.32 Å². The molecule has 0 bridgehead atoms. The van der Waals surface area contributed by atoms with Crippen LogP contribution in [-0.2, 0) is 6.42 Å². The fraction of sp³-hybridized carbons (Fsp3) is 0.167. The first-order valence-electron chi connectivity index (χ1n) is 10.2. The summed E-state index contributed by atoms with van der Waals surface area (Å²) in [5.74, 6) is -0.329. The van der Waals surface area contributed by atoms with E-state index in [9.17, 15) is 4.79 Å². The lowest BCUT2D eigenvalue weighted by Gasteiger charge is -2.12. The lowest BCUT2D eigenvalue weighted by atomic mass is 10.1. The molecule has 4 rings (SSSR count). The highest BCUT2D eigenvalue weighted by atomic mass is 35.5. The number of carbonyl (C=O) groups excluding carboxylic acids is 1. The van der Waals surface area contributed by atoms with Gasteiger partial charge in [-0.2, -0.15) is 4.80 Å². The molecule has 32 heavy (non-hydrogen) atoms. The molecule has 4 aromatic rings. The second-order valence-electron chi connectivity index (χ2n) is 7.54. The summed E-state index contributed by atoms with van der Waals surface area (Å²) in [5, 5.41) is 15.7. The van der Waals surface area contributed by atoms with Gasteiger partial charge in [-0.25, -0.2) is 0 Å². The number of hydrogen-bond donors (Lipinski definition) is 2. The molecule has 0 saturated carbocycles. The van der Waals surface area contributed by atoms with E-state index >= 15 is 0 Å². The Morgan fingerprint density at radius 1 is 1.00 bits per heavy atom. The van der Waals surface area contributed by atoms with Crippen molar-refractivity contribution in [2.24, 2.45) is 0 Å². The highest BCUT2D eigenvalue weighted by molar-refractivity contribution is 7.80. The number of nitrogens with zero attached hydrogens (tertiary/aromatic N) is 3. The predicted octanol–water partition coefficient (Wildman–Crippen LogP) is 5.38. The topological polar surface area (TPSA) is 71.8 Å². The summed E-state index contributed by atoms with van der Waals surface area (Å²) >= 11 is 11.5. The van der Waals surface area contributed by atoms with Crippen LogP contribution in [0.2, 0.25) is 5.02 Å². The molecule has 0 atom stereocenters. The van der Waals surface area contributed by atoms with Gasteiger partial charge in [0.15, 0.2) is 5.11 Å². The number of rotatable bonds is 4. The summed E-state index contributed by atoms with van der Waals surface area (Å²) in [6, 6.07) is 17.1. The van der Waals surface area contributed by atoms with Crippen molar-refractivity contribution in [3.05, 3.63) is 81.9 Å². The first-order valence-corrected chi connectivity index (χ1v) is 11.0. The molecule has 1 amide bonds. The van der Waals surface area contributed by atoms with Crippen molar-refractivity contribution in [1.29, 1.82) is 0 Å². The molecule has 0 aliphatic heterocycles. The van der Waals surface area contributed by atoms with Crippen molar-refractivity contribution in [3.63, 3.8) is 0 Å². The van der Waals surface area contributed by atoms with Crippen molar-refractivity contribution < 1.29 is 4.79 Å². The third kappa shape index (κ3) is 4.64. The van der Waals surface area contributed by atoms with Gasteiger partial charge in [0.1, 0.15) is 11.0 Å². The Kier molecular flexibility index (Phi) is 6.21. The second kappa shape index (κ2) is 9.06. The van der Waals surface area contributed by atoms with E-state index in [0.717, 1.165) is 40.0 Å². The van der Waals surface area contributed by atoms with E-state index in [1.807, 2.05) is 38.1 Å². The lowest BCUT2D eigenvalue weighted by Crippen LogP contribution is -2.34. The molecule has 1 aromatic heterocycles. The minimum absolute atomic E-state index is 0.191. The van der Waals surface area contributed by atoms with Gasteiger partial charge in [-0.1, -0.05) is 36.7 Å². The molecule has 0 aliphatic carbocycles. The van der Waals surface area contributed by atoms with Crippen LogP contribution in [0.25, 0.3) is 16.7 Å². The first kappa shape index (κ1) is 21.9. The number of nitrogens with one attached hydrogen (secondary N) is 2. The molecule has 162 valence electrons. The molecule has 1 heterocycles. The molecule has 0 saturated heterocycles. The van der Waals surface area contributed by atoms with E-state index in [-0.39, 0.29) is 11.0 Å². The summed E-state index contributed by atoms with van der Waals surface area (Å²) in [6.45, 7) is 5.95. The number of thiocarbonyl (C=S) groups is 1. The zero-order valence-electron chi connectivity index (χ0n) is 17.9. The Labute approximate surface area is 196 Å². The van der Waals surface area contributed by atoms with E-state index in [1.54, 1.807) is 23.0 Å². The first-order chi connectivity index (χ1) is 15.3. The number of fused-ring (bicyclic) bond motifs is 1. The summed E-state index contributed by atoms with van der Waals surface area (Å²) in [7, 11) is 0. The smallest absolute Gasteiger partial charge is 0.257 e. The largest absolute Gasteiger partial charge is 0.332 e. The third-order valence-corrected chi connectivity index (χ3v) is 5.82. The predicted molar refractivity (Wildman–Crippen MR) is 133 cm³/mol. The van der Waals surface area contributed by atoms with Crippen LogP contribution in [0.1, 0.15) is 34.0 Å². The standard InChI is InChI=1S/C24H22ClN5OS/c1-4-16-6-9-18(10-7-16)30-28-21-11-15(3)20(13-22(21)29-30)26-24(32)27-23(31)17-8-5-14(2)19(25)12-17/h5-13H,4H2,1-3H3,(H2,26,27,31,32). The van der Waals surface area contributed by atoms with Crippen LogP contribution >= 0.6 is 23.8 Å². The summed E-state index contributed by atoms with van der Waals surface area (Å²) in [5.41, 5.74) is 6.67. The maximum absolute atomic E-state index is 12.5. The average molecular weight is 464 g/mol. The van der Waals surface area contributed by atoms with Gasteiger partial charge >= 0.3 is 0 Å². The van der Waals surface area contributed by atoms with Crippen molar-refractivity contribution in [2.45, 2.75) is 27.2 Å². The third-order valence-electron chi connectivity index (χ3n) is 5.21. The number of halogens is 1. The van der Waals surface area contributed by atoms with Crippen molar-refractivity contribution in [2.75, 3.05) is 5.32 Å². The number of amides is 1. The summed E-state index contributed by atoms with van der Waals surface area (Å²) < 4.78 is 0. The monoisotopic (exact) mass is 463 g/mol. The molecular weight excluding hydrogens is 442 g/mol. The number of benzene rings is 3. The minimum atomic E-state index is -0.329. The second-order valence-corrected chi connectivity index (χ2v) is 8.35. The molecule has 6 nitrogen and oxygen atoms in total. The maximum atomic E-state index is 12.5. The Balaban J connectivity index is 1.52. The average Bonchev–Trinajstić information content (AvgIpc) is 3.18. The Morgan fingerprint density at radius 2 is 1.69 bits per heavy atom. The van der Waals surface area contributed by atoms with E-state index in [1.165, 1.54) is 5.56 Å². The van der Waals surface area contributed by atoms with E-state index in [2.05, 4.69) is 39.9 Å². The number of hydrogen-bond acceptors (Lipinski definition) is 4. The molecular formula is C24H22ClN5OS. The highest BCUT2D eigenvalue weighted by Crippen LogP contribution is 2.22. The maximum Gasteiger partial charge on any atom is 0.257 e. The fourth-order valence-electron chi connectivity index (χ4n) is 3.25. The van der Waals surface area contributed by atoms with Gasteiger partial charge in [0.2, 0.25) is 0 Å². The SMILES string of the molecule is CCc1ccc(-n2nc3cc(C)c(NC(=S)NC(=O)c4ccc(C)c(Cl)c4)cc3n2)cc1. The molecule has 0 aliphatic rings. The normalized spacial score (nSPS) is 10.9. The molecule has 0 radical (unpaired) electrons. The van der Waals surface area contributed by atoms with Crippen LogP contribution < -0.4 is 10.6 Å². The van der Waals surface area contributed by atoms with Crippen molar-refractivity contribution >= 4 is 51.6 Å². The van der Waals surface area contributed by atoms with Gasteiger partial charge in [0.25, 0.3) is 5.91 Å². The van der Waals surface area contributed by atoms with Gasteiger partial charge in [-0.3, -0.25) is 10.1 Å². The number of aromatic nitrogens is 3. The van der Waals surface area contributed by atoms with Crippen molar-refractivity contribution in [1.82, 2.24) is 20.3 Å². The van der Waals surface area contributed by atoms with Crippen LogP contribution in [0.3, 0.4) is 0 Å². The zero-order chi connectivity index (χ0) is 22.8. The molecule has 2 N–H and O–H groups in total. The molecule has 0 fully saturated rings. The molecule has 8 heteroatoms. The van der Waals surface area contributed by atoms with Crippen molar-refractivity contribution in [3.8, 4) is 5.69 Å². The van der Waals surface area contributed by atoms with E-state index in [0.29, 0.717) is 10.6 Å². The quantitative estimate of drug-likeness (QED) is 0.397. The van der Waals surface area contributed by atoms with Gasteiger partial charge in [0.05, 0.1) is 5.69 Å². The number of carbonyl (C=O) groups is 1. The molecule has 0 unspecified atom stereocenters. The van der Waals surface area contributed by atoms with E-state index < -0.39 is 0 Å². The van der Waals surface area contributed by atoms with Gasteiger partial charge in [-0.05, 0) is 85.6 Å². The van der Waals surface area contributed by atoms with Crippen LogP contribution in [0, 0.1) is 13.8 Å². The number of anilines is 1. The Morgan fingerprint density at radius 3 is 2.34 bits per heavy atom. The number of aryl methyl sites for hydroxylation is 3. The van der Waals surface area contributed by atoms with Crippen LogP contribution in [-0.4, -0.2) is 26.0 Å². The van der Waals surface area contributed by atoms with Crippen LogP contribution in [0.5, 0.6) is 0 Å². The van der Waals surface area contributed by atoms with E-state index in [4.69, 9.17) is 23.8 Å². The van der Waals surface area contributed by atoms with Gasteiger partial charge in [-0.15, -0.1) is 10.2 Å². The summed E-state index contributed by atoms with van der Waals surface area (Å²) in [6.07, 6.45) is 0.983. The Bertz CT molecular complexity index is 1330.